The first-order valence-corrected chi connectivity index (χ1v) is 10.4. The first kappa shape index (κ1) is 20.3. The van der Waals surface area contributed by atoms with Gasteiger partial charge in [0.15, 0.2) is 0 Å². The van der Waals surface area contributed by atoms with Crippen LogP contribution in [0, 0.1) is 0 Å². The van der Waals surface area contributed by atoms with Gasteiger partial charge in [-0.1, -0.05) is 12.1 Å². The van der Waals surface area contributed by atoms with Crippen LogP contribution in [0.5, 0.6) is 5.75 Å². The lowest BCUT2D eigenvalue weighted by Crippen LogP contribution is -2.31. The minimum Gasteiger partial charge on any atom is -0.468 e. The molecular weight excluding hydrogens is 439 g/mol. The van der Waals surface area contributed by atoms with E-state index in [0.29, 0.717) is 16.4 Å². The third-order valence-electron chi connectivity index (χ3n) is 4.06. The van der Waals surface area contributed by atoms with Gasteiger partial charge < -0.3 is 9.15 Å². The molecule has 3 aromatic rings. The fraction of sp³-hybridized carbons (Fsp3) is 0.100. The molecule has 0 saturated carbocycles. The van der Waals surface area contributed by atoms with Gasteiger partial charge in [0, 0.05) is 10.9 Å². The lowest BCUT2D eigenvalue weighted by atomic mass is 10.2. The Morgan fingerprint density at radius 3 is 2.57 bits per heavy atom. The Balaban J connectivity index is 1.68. The summed E-state index contributed by atoms with van der Waals surface area (Å²) in [5.41, 5.74) is 0.211. The van der Waals surface area contributed by atoms with Gasteiger partial charge in [-0.3, -0.25) is 9.59 Å². The molecule has 0 bridgehead atoms. The molecule has 0 unspecified atom stereocenters. The summed E-state index contributed by atoms with van der Waals surface area (Å²) in [7, 11) is 0. The second-order valence-electron chi connectivity index (χ2n) is 6.04. The van der Waals surface area contributed by atoms with Gasteiger partial charge >= 0.3 is 6.36 Å². The summed E-state index contributed by atoms with van der Waals surface area (Å²) in [6.07, 6.45) is -3.38. The van der Waals surface area contributed by atoms with Crippen LogP contribution in [0.15, 0.2) is 69.5 Å². The summed E-state index contributed by atoms with van der Waals surface area (Å²) in [4.78, 5) is 27.9. The quantitative estimate of drug-likeness (QED) is 0.466. The highest BCUT2D eigenvalue weighted by molar-refractivity contribution is 8.03. The average Bonchev–Trinajstić information content (AvgIpc) is 3.40. The zero-order valence-corrected chi connectivity index (χ0v) is 16.6. The average molecular weight is 451 g/mol. The van der Waals surface area contributed by atoms with Crippen molar-refractivity contribution in [2.45, 2.75) is 12.1 Å². The van der Waals surface area contributed by atoms with Gasteiger partial charge in [0.1, 0.15) is 11.5 Å². The van der Waals surface area contributed by atoms with E-state index < -0.39 is 23.9 Å². The van der Waals surface area contributed by atoms with Gasteiger partial charge in [-0.25, -0.2) is 4.90 Å². The van der Waals surface area contributed by atoms with Crippen molar-refractivity contribution in [1.29, 1.82) is 0 Å². The Labute approximate surface area is 176 Å². The molecule has 1 aliphatic heterocycles. The number of thiophene rings is 1. The van der Waals surface area contributed by atoms with Gasteiger partial charge in [-0.2, -0.15) is 0 Å². The molecule has 0 fully saturated rings. The Morgan fingerprint density at radius 1 is 1.07 bits per heavy atom. The largest absolute Gasteiger partial charge is 0.573 e. The second-order valence-corrected chi connectivity index (χ2v) is 7.97. The van der Waals surface area contributed by atoms with Crippen molar-refractivity contribution in [3.8, 4) is 5.75 Å². The number of imide groups is 1. The van der Waals surface area contributed by atoms with Crippen LogP contribution in [0.3, 0.4) is 0 Å². The number of carbonyl (C=O) groups is 2. The highest BCUT2D eigenvalue weighted by Crippen LogP contribution is 2.41. The Bertz CT molecular complexity index is 1110. The molecule has 10 heteroatoms. The zero-order valence-electron chi connectivity index (χ0n) is 15.0. The summed E-state index contributed by atoms with van der Waals surface area (Å²) >= 11 is 2.44. The third-order valence-corrected chi connectivity index (χ3v) is 6.04. The molecule has 0 atom stereocenters. The molecule has 4 rings (SSSR count). The third kappa shape index (κ3) is 4.14. The molecule has 2 amide bonds. The molecule has 0 aliphatic carbocycles. The number of benzene rings is 1. The van der Waals surface area contributed by atoms with E-state index in [0.717, 1.165) is 28.8 Å². The number of nitrogens with zero attached hydrogens (tertiary/aromatic N) is 1. The van der Waals surface area contributed by atoms with Crippen molar-refractivity contribution in [3.63, 3.8) is 0 Å². The summed E-state index contributed by atoms with van der Waals surface area (Å²) in [5.74, 6) is -0.786. The zero-order chi connectivity index (χ0) is 21.3. The van der Waals surface area contributed by atoms with Gasteiger partial charge in [0.05, 0.1) is 28.2 Å². The molecule has 2 aromatic heterocycles. The number of amides is 2. The molecule has 1 aromatic carbocycles. The van der Waals surface area contributed by atoms with Crippen LogP contribution in [0.25, 0.3) is 5.57 Å². The number of thioether (sulfide) groups is 1. The number of rotatable bonds is 6. The Hall–Kier alpha value is -2.98. The molecule has 154 valence electrons. The number of hydrogen-bond acceptors (Lipinski definition) is 6. The van der Waals surface area contributed by atoms with Crippen molar-refractivity contribution in [2.75, 3.05) is 4.90 Å². The van der Waals surface area contributed by atoms with Gasteiger partial charge in [-0.05, 0) is 35.7 Å². The number of hydrogen-bond donors (Lipinski definition) is 0. The maximum Gasteiger partial charge on any atom is 0.573 e. The van der Waals surface area contributed by atoms with Gasteiger partial charge in [-0.15, -0.1) is 36.3 Å². The van der Waals surface area contributed by atoms with Gasteiger partial charge in [0.25, 0.3) is 11.8 Å². The standard InChI is InChI=1S/C20H12F3NO4S2/c21-20(22,23)28-13-5-1-4-12(10-13)24-18(25)16(15-7-3-9-29-15)17(19(24)26)30-11-14-6-2-8-27-14/h1-10H,11H2. The SMILES string of the molecule is O=C1C(SCc2ccco2)=C(c2cccs2)C(=O)N1c1cccc(OC(F)(F)F)c1. The van der Waals surface area contributed by atoms with E-state index in [9.17, 15) is 22.8 Å². The second kappa shape index (κ2) is 8.04. The van der Waals surface area contributed by atoms with Crippen LogP contribution in [-0.2, 0) is 15.3 Å². The molecule has 0 saturated heterocycles. The highest BCUT2D eigenvalue weighted by atomic mass is 32.2. The molecule has 3 heterocycles. The number of furan rings is 1. The molecule has 5 nitrogen and oxygen atoms in total. The predicted octanol–water partition coefficient (Wildman–Crippen LogP) is 5.46. The number of alkyl halides is 3. The summed E-state index contributed by atoms with van der Waals surface area (Å²) in [6, 6.07) is 11.7. The first-order chi connectivity index (χ1) is 14.3. The number of anilines is 1. The van der Waals surface area contributed by atoms with E-state index in [1.165, 1.54) is 29.7 Å². The molecule has 0 radical (unpaired) electrons. The number of ether oxygens (including phenoxy) is 1. The maximum absolute atomic E-state index is 13.1. The lowest BCUT2D eigenvalue weighted by Gasteiger charge is -2.16. The smallest absolute Gasteiger partial charge is 0.468 e. The molecule has 1 aliphatic rings. The molecule has 0 spiro atoms. The number of carbonyl (C=O) groups excluding carboxylic acids is 2. The fourth-order valence-corrected chi connectivity index (χ4v) is 4.71. The summed E-state index contributed by atoms with van der Waals surface area (Å²) in [5, 5.41) is 1.77. The number of halogens is 3. The van der Waals surface area contributed by atoms with Gasteiger partial charge in [0.2, 0.25) is 0 Å². The maximum atomic E-state index is 13.1. The van der Waals surface area contributed by atoms with Crippen LogP contribution in [0.1, 0.15) is 10.6 Å². The molecule has 30 heavy (non-hydrogen) atoms. The van der Waals surface area contributed by atoms with E-state index >= 15 is 0 Å². The van der Waals surface area contributed by atoms with Crippen molar-refractivity contribution >= 4 is 46.2 Å². The van der Waals surface area contributed by atoms with E-state index in [2.05, 4.69) is 4.74 Å². The van der Waals surface area contributed by atoms with Crippen LogP contribution in [0.2, 0.25) is 0 Å². The minimum atomic E-state index is -4.89. The Kier molecular flexibility index (Phi) is 5.44. The highest BCUT2D eigenvalue weighted by Gasteiger charge is 2.41. The van der Waals surface area contributed by atoms with Crippen LogP contribution in [-0.4, -0.2) is 18.2 Å². The monoisotopic (exact) mass is 451 g/mol. The first-order valence-electron chi connectivity index (χ1n) is 8.51. The minimum absolute atomic E-state index is 0.00518. The van der Waals surface area contributed by atoms with E-state index in [1.54, 1.807) is 29.6 Å². The normalized spacial score (nSPS) is 14.7. The van der Waals surface area contributed by atoms with Crippen molar-refractivity contribution in [1.82, 2.24) is 0 Å². The Morgan fingerprint density at radius 2 is 1.90 bits per heavy atom. The van der Waals surface area contributed by atoms with Crippen LogP contribution >= 0.6 is 23.1 Å². The van der Waals surface area contributed by atoms with Crippen molar-refractivity contribution in [2.24, 2.45) is 0 Å². The van der Waals surface area contributed by atoms with E-state index in [-0.39, 0.29) is 16.2 Å². The summed E-state index contributed by atoms with van der Waals surface area (Å²) in [6.45, 7) is 0. The van der Waals surface area contributed by atoms with Crippen molar-refractivity contribution < 1.29 is 31.9 Å². The van der Waals surface area contributed by atoms with Crippen LogP contribution < -0.4 is 9.64 Å². The lowest BCUT2D eigenvalue weighted by molar-refractivity contribution is -0.274. The predicted molar refractivity (Wildman–Crippen MR) is 107 cm³/mol. The van der Waals surface area contributed by atoms with Crippen LogP contribution in [0.4, 0.5) is 18.9 Å². The van der Waals surface area contributed by atoms with Crippen molar-refractivity contribution in [3.05, 3.63) is 75.7 Å². The molecular formula is C20H12F3NO4S2. The van der Waals surface area contributed by atoms with E-state index in [4.69, 9.17) is 4.42 Å². The van der Waals surface area contributed by atoms with E-state index in [1.807, 2.05) is 0 Å². The summed E-state index contributed by atoms with van der Waals surface area (Å²) < 4.78 is 46.9. The topological polar surface area (TPSA) is 59.8 Å². The molecule has 0 N–H and O–H groups in total. The fourth-order valence-electron chi connectivity index (χ4n) is 2.87.